The van der Waals surface area contributed by atoms with Gasteiger partial charge in [0.1, 0.15) is 6.10 Å². The van der Waals surface area contributed by atoms with Crippen molar-refractivity contribution in [1.82, 2.24) is 4.98 Å². The minimum absolute atomic E-state index is 0.0547. The van der Waals surface area contributed by atoms with Gasteiger partial charge in [-0.2, -0.15) is 0 Å². The summed E-state index contributed by atoms with van der Waals surface area (Å²) in [5, 5.41) is 12.3. The van der Waals surface area contributed by atoms with Crippen molar-refractivity contribution in [2.45, 2.75) is 130 Å². The van der Waals surface area contributed by atoms with E-state index in [1.165, 1.54) is 22.3 Å². The lowest BCUT2D eigenvalue weighted by Gasteiger charge is -2.45. The highest BCUT2D eigenvalue weighted by atomic mass is 28.4. The Morgan fingerprint density at radius 2 is 1.68 bits per heavy atom. The van der Waals surface area contributed by atoms with Crippen LogP contribution in [0.4, 0.5) is 0 Å². The van der Waals surface area contributed by atoms with E-state index in [2.05, 4.69) is 113 Å². The van der Waals surface area contributed by atoms with Crippen molar-refractivity contribution >= 4 is 13.9 Å². The van der Waals surface area contributed by atoms with Crippen molar-refractivity contribution < 1.29 is 14.3 Å². The van der Waals surface area contributed by atoms with Crippen LogP contribution in [0.15, 0.2) is 30.3 Å². The number of ether oxygens (including phenoxy) is 1. The number of hydrogen-bond donors (Lipinski definition) is 1. The summed E-state index contributed by atoms with van der Waals surface area (Å²) in [5.41, 5.74) is 9.06. The van der Waals surface area contributed by atoms with Gasteiger partial charge >= 0.3 is 0 Å². The van der Waals surface area contributed by atoms with Crippen molar-refractivity contribution in [1.29, 1.82) is 0 Å². The maximum Gasteiger partial charge on any atom is 0.192 e. The molecule has 1 N–H and O–H groups in total. The summed E-state index contributed by atoms with van der Waals surface area (Å²) >= 11 is 0. The first kappa shape index (κ1) is 32.1. The molecule has 41 heavy (non-hydrogen) atoms. The fourth-order valence-corrected chi connectivity index (χ4v) is 7.34. The lowest BCUT2D eigenvalue weighted by Crippen LogP contribution is -2.44. The molecule has 4 nitrogen and oxygen atoms in total. The highest BCUT2D eigenvalue weighted by Gasteiger charge is 2.45. The summed E-state index contributed by atoms with van der Waals surface area (Å²) in [7, 11) is -2.10. The van der Waals surface area contributed by atoms with Crippen LogP contribution in [0.2, 0.25) is 18.1 Å². The van der Waals surface area contributed by atoms with Gasteiger partial charge in [-0.1, -0.05) is 99.6 Å². The van der Waals surface area contributed by atoms with E-state index in [0.29, 0.717) is 13.2 Å². The lowest BCUT2D eigenvalue weighted by atomic mass is 9.71. The van der Waals surface area contributed by atoms with Gasteiger partial charge in [-0.25, -0.2) is 0 Å². The summed E-state index contributed by atoms with van der Waals surface area (Å²) in [4.78, 5) is 5.43. The molecule has 1 unspecified atom stereocenters. The minimum Gasteiger partial charge on any atom is -0.410 e. The summed E-state index contributed by atoms with van der Waals surface area (Å²) < 4.78 is 13.1. The summed E-state index contributed by atoms with van der Waals surface area (Å²) in [6.45, 7) is 28.7. The van der Waals surface area contributed by atoms with E-state index in [4.69, 9.17) is 14.1 Å². The second kappa shape index (κ2) is 11.4. The summed E-state index contributed by atoms with van der Waals surface area (Å²) in [6.07, 6.45) is 4.07. The zero-order chi connectivity index (χ0) is 30.5. The second-order valence-electron chi connectivity index (χ2n) is 16.0. The largest absolute Gasteiger partial charge is 0.410 e. The molecule has 1 aromatic carbocycles. The fourth-order valence-electron chi connectivity index (χ4n) is 6.08. The molecule has 1 aromatic heterocycles. The van der Waals surface area contributed by atoms with Gasteiger partial charge in [0, 0.05) is 22.5 Å². The van der Waals surface area contributed by atoms with E-state index >= 15 is 0 Å². The molecule has 4 rings (SSSR count). The third-order valence-corrected chi connectivity index (χ3v) is 14.0. The molecule has 2 atom stereocenters. The number of aromatic nitrogens is 1. The molecular formula is C36H55NO3Si. The third-order valence-electron chi connectivity index (χ3n) is 9.53. The SMILES string of the molecule is CC(C)c1nc2c(c(C3=CCOCC3)c1C(O)c1ccc(C(C)(C)C)cc1)[C@@H](O[Si](C)(C)C(C)(C)C)CC(C)(C)C2. The Hall–Kier alpha value is -1.79. The number of nitrogens with zero attached hydrogens (tertiary/aromatic N) is 1. The normalized spacial score (nSPS) is 20.5. The van der Waals surface area contributed by atoms with Crippen molar-refractivity contribution in [3.63, 3.8) is 0 Å². The smallest absolute Gasteiger partial charge is 0.192 e. The Bertz CT molecular complexity index is 1280. The summed E-state index contributed by atoms with van der Waals surface area (Å²) in [6, 6.07) is 8.53. The van der Waals surface area contributed by atoms with Gasteiger partial charge in [-0.15, -0.1) is 0 Å². The first-order valence-electron chi connectivity index (χ1n) is 15.6. The average molecular weight is 578 g/mol. The molecule has 1 aliphatic carbocycles. The Morgan fingerprint density at radius 3 is 2.20 bits per heavy atom. The molecule has 5 heteroatoms. The van der Waals surface area contributed by atoms with Gasteiger partial charge in [0.25, 0.3) is 0 Å². The molecule has 0 amide bonds. The first-order chi connectivity index (χ1) is 18.8. The highest BCUT2D eigenvalue weighted by Crippen LogP contribution is 2.51. The van der Waals surface area contributed by atoms with E-state index in [0.717, 1.165) is 41.8 Å². The monoisotopic (exact) mass is 577 g/mol. The van der Waals surface area contributed by atoms with Gasteiger partial charge in [-0.05, 0) is 76.4 Å². The zero-order valence-corrected chi connectivity index (χ0v) is 28.9. The topological polar surface area (TPSA) is 51.6 Å². The molecule has 0 spiro atoms. The van der Waals surface area contributed by atoms with Crippen LogP contribution < -0.4 is 0 Å². The van der Waals surface area contributed by atoms with Crippen LogP contribution in [0, 0.1) is 5.41 Å². The Kier molecular flexibility index (Phi) is 8.91. The summed E-state index contributed by atoms with van der Waals surface area (Å²) in [5.74, 6) is 0.169. The number of rotatable bonds is 6. The number of aliphatic hydroxyl groups is 1. The van der Waals surface area contributed by atoms with E-state index in [-0.39, 0.29) is 27.9 Å². The number of pyridine rings is 1. The molecular weight excluding hydrogens is 522 g/mol. The maximum atomic E-state index is 12.2. The molecule has 0 saturated heterocycles. The van der Waals surface area contributed by atoms with Gasteiger partial charge in [0.2, 0.25) is 0 Å². The van der Waals surface area contributed by atoms with E-state index < -0.39 is 14.4 Å². The molecule has 0 radical (unpaired) electrons. The van der Waals surface area contributed by atoms with Gasteiger partial charge in [0.05, 0.1) is 19.3 Å². The standard InChI is InChI=1S/C36H55NO3Si/c1-23(2)32-31(33(38)25-13-15-26(16-14-25)34(3,4)5)29(24-17-19-39-20-18-24)30-27(37-32)21-36(9,10)22-28(30)40-41(11,12)35(6,7)8/h13-17,23,28,33,38H,18-22H2,1-12H3/t28-,33?/m0/s1. The van der Waals surface area contributed by atoms with Crippen molar-refractivity contribution in [3.8, 4) is 0 Å². The van der Waals surface area contributed by atoms with Crippen molar-refractivity contribution in [3.05, 3.63) is 69.5 Å². The number of aliphatic hydroxyl groups excluding tert-OH is 1. The van der Waals surface area contributed by atoms with Crippen LogP contribution in [0.1, 0.15) is 139 Å². The number of hydrogen-bond acceptors (Lipinski definition) is 4. The van der Waals surface area contributed by atoms with E-state index in [1.807, 2.05) is 0 Å². The molecule has 2 aromatic rings. The van der Waals surface area contributed by atoms with Crippen LogP contribution in [-0.2, 0) is 21.0 Å². The highest BCUT2D eigenvalue weighted by molar-refractivity contribution is 6.74. The maximum absolute atomic E-state index is 12.2. The van der Waals surface area contributed by atoms with Crippen LogP contribution >= 0.6 is 0 Å². The van der Waals surface area contributed by atoms with Gasteiger partial charge in [0.15, 0.2) is 8.32 Å². The predicted molar refractivity (Wildman–Crippen MR) is 174 cm³/mol. The fraction of sp³-hybridized carbons (Fsp3) is 0.639. The lowest BCUT2D eigenvalue weighted by molar-refractivity contribution is 0.105. The van der Waals surface area contributed by atoms with Crippen molar-refractivity contribution in [2.75, 3.05) is 13.2 Å². The molecule has 226 valence electrons. The van der Waals surface area contributed by atoms with E-state index in [1.54, 1.807) is 0 Å². The quantitative estimate of drug-likeness (QED) is 0.347. The van der Waals surface area contributed by atoms with Gasteiger partial charge < -0.3 is 14.3 Å². The average Bonchev–Trinajstić information content (AvgIpc) is 2.85. The Labute approximate surface area is 251 Å². The van der Waals surface area contributed by atoms with Crippen molar-refractivity contribution in [2.24, 2.45) is 5.41 Å². The van der Waals surface area contributed by atoms with E-state index in [9.17, 15) is 5.11 Å². The molecule has 0 bridgehead atoms. The molecule has 0 saturated carbocycles. The number of fused-ring (bicyclic) bond motifs is 1. The molecule has 2 aliphatic rings. The van der Waals surface area contributed by atoms with Gasteiger partial charge in [-0.3, -0.25) is 4.98 Å². The number of benzene rings is 1. The third kappa shape index (κ3) is 6.74. The van der Waals surface area contributed by atoms with Crippen LogP contribution in [0.25, 0.3) is 5.57 Å². The zero-order valence-electron chi connectivity index (χ0n) is 27.9. The Morgan fingerprint density at radius 1 is 1.05 bits per heavy atom. The van der Waals surface area contributed by atoms with Crippen LogP contribution in [0.5, 0.6) is 0 Å². The van der Waals surface area contributed by atoms with Crippen LogP contribution in [0.3, 0.4) is 0 Å². The first-order valence-corrected chi connectivity index (χ1v) is 18.5. The molecule has 1 aliphatic heterocycles. The minimum atomic E-state index is -2.10. The molecule has 0 fully saturated rings. The predicted octanol–water partition coefficient (Wildman–Crippen LogP) is 9.42. The Balaban J connectivity index is 2.01. The second-order valence-corrected chi connectivity index (χ2v) is 20.8. The van der Waals surface area contributed by atoms with Crippen LogP contribution in [-0.4, -0.2) is 31.6 Å². The molecule has 2 heterocycles.